The first-order chi connectivity index (χ1) is 9.06. The van der Waals surface area contributed by atoms with Crippen LogP contribution in [-0.4, -0.2) is 27.8 Å². The molecule has 0 aliphatic carbocycles. The predicted molar refractivity (Wildman–Crippen MR) is 80.4 cm³/mol. The third-order valence-corrected chi connectivity index (χ3v) is 8.28. The molecule has 0 amide bonds. The molecule has 1 aromatic rings. The fourth-order valence-electron chi connectivity index (χ4n) is 1.39. The Hall–Kier alpha value is -1.20. The summed E-state index contributed by atoms with van der Waals surface area (Å²) >= 11 is 0. The summed E-state index contributed by atoms with van der Waals surface area (Å²) in [6.45, 7) is 10.4. The highest BCUT2D eigenvalue weighted by atomic mass is 28.4. The molecule has 0 saturated heterocycles. The van der Waals surface area contributed by atoms with Gasteiger partial charge in [0.1, 0.15) is 11.6 Å². The number of rotatable bonds is 5. The number of Topliss-reactive ketones (excluding diaryl/α,β-unsaturated/α-hetero) is 1. The Labute approximate surface area is 121 Å². The van der Waals surface area contributed by atoms with E-state index in [4.69, 9.17) is 9.16 Å². The smallest absolute Gasteiger partial charge is 0.192 e. The molecule has 1 aromatic carbocycles. The molecule has 0 atom stereocenters. The fourth-order valence-corrected chi connectivity index (χ4v) is 2.31. The van der Waals surface area contributed by atoms with Crippen molar-refractivity contribution in [1.29, 1.82) is 0 Å². The summed E-state index contributed by atoms with van der Waals surface area (Å²) < 4.78 is 24.2. The van der Waals surface area contributed by atoms with Gasteiger partial charge in [0.2, 0.25) is 0 Å². The largest absolute Gasteiger partial charge is 0.497 e. The SMILES string of the molecule is COc1cc(F)cc(C(=O)CO[Si](C)(C)C(C)(C)C)c1. The molecule has 0 aliphatic heterocycles. The van der Waals surface area contributed by atoms with Crippen molar-refractivity contribution < 1.29 is 18.3 Å². The van der Waals surface area contributed by atoms with Crippen LogP contribution in [0.5, 0.6) is 5.75 Å². The van der Waals surface area contributed by atoms with E-state index in [1.54, 1.807) is 0 Å². The van der Waals surface area contributed by atoms with Crippen LogP contribution in [0.1, 0.15) is 31.1 Å². The molecular weight excluding hydrogens is 275 g/mol. The summed E-state index contributed by atoms with van der Waals surface area (Å²) in [6, 6.07) is 3.98. The maximum absolute atomic E-state index is 13.4. The second kappa shape index (κ2) is 6.05. The van der Waals surface area contributed by atoms with Crippen LogP contribution < -0.4 is 4.74 Å². The molecule has 112 valence electrons. The quantitative estimate of drug-likeness (QED) is 0.608. The van der Waals surface area contributed by atoms with Gasteiger partial charge in [-0.3, -0.25) is 4.79 Å². The van der Waals surface area contributed by atoms with Crippen LogP contribution in [0.25, 0.3) is 0 Å². The monoisotopic (exact) mass is 298 g/mol. The lowest BCUT2D eigenvalue weighted by Crippen LogP contribution is -2.42. The van der Waals surface area contributed by atoms with E-state index in [0.29, 0.717) is 5.75 Å². The van der Waals surface area contributed by atoms with Gasteiger partial charge in [-0.05, 0) is 30.3 Å². The third-order valence-electron chi connectivity index (χ3n) is 3.80. The minimum atomic E-state index is -1.98. The summed E-state index contributed by atoms with van der Waals surface area (Å²) in [4.78, 5) is 12.1. The number of carbonyl (C=O) groups is 1. The average molecular weight is 298 g/mol. The van der Waals surface area contributed by atoms with Gasteiger partial charge in [-0.25, -0.2) is 4.39 Å². The van der Waals surface area contributed by atoms with Gasteiger partial charge in [-0.2, -0.15) is 0 Å². The maximum Gasteiger partial charge on any atom is 0.192 e. The van der Waals surface area contributed by atoms with E-state index in [2.05, 4.69) is 33.9 Å². The topological polar surface area (TPSA) is 35.5 Å². The summed E-state index contributed by atoms with van der Waals surface area (Å²) in [5, 5.41) is 0.0346. The first kappa shape index (κ1) is 16.9. The molecule has 0 fully saturated rings. The van der Waals surface area contributed by atoms with Crippen LogP contribution >= 0.6 is 0 Å². The highest BCUT2D eigenvalue weighted by Crippen LogP contribution is 2.36. The van der Waals surface area contributed by atoms with Crippen molar-refractivity contribution in [3.8, 4) is 5.75 Å². The van der Waals surface area contributed by atoms with Gasteiger partial charge in [0.05, 0.1) is 13.7 Å². The van der Waals surface area contributed by atoms with Crippen molar-refractivity contribution in [2.24, 2.45) is 0 Å². The van der Waals surface area contributed by atoms with Crippen LogP contribution in [0.2, 0.25) is 18.1 Å². The van der Waals surface area contributed by atoms with Gasteiger partial charge in [0, 0.05) is 11.6 Å². The zero-order valence-electron chi connectivity index (χ0n) is 13.0. The number of methoxy groups -OCH3 is 1. The summed E-state index contributed by atoms with van der Waals surface area (Å²) in [5.74, 6) is -0.381. The second-order valence-corrected chi connectivity index (χ2v) is 11.2. The highest BCUT2D eigenvalue weighted by molar-refractivity contribution is 6.74. The van der Waals surface area contributed by atoms with E-state index in [0.717, 1.165) is 0 Å². The summed E-state index contributed by atoms with van der Waals surface area (Å²) in [7, 11) is -0.542. The zero-order chi connectivity index (χ0) is 15.6. The van der Waals surface area contributed by atoms with Crippen LogP contribution in [0.15, 0.2) is 18.2 Å². The van der Waals surface area contributed by atoms with Crippen molar-refractivity contribution in [1.82, 2.24) is 0 Å². The van der Waals surface area contributed by atoms with Crippen LogP contribution in [-0.2, 0) is 4.43 Å². The van der Waals surface area contributed by atoms with E-state index in [1.807, 2.05) is 0 Å². The van der Waals surface area contributed by atoms with Crippen molar-refractivity contribution in [3.63, 3.8) is 0 Å². The standard InChI is InChI=1S/C15H23FO3Si/c1-15(2,3)20(5,6)19-10-14(17)11-7-12(16)9-13(8-11)18-4/h7-9H,10H2,1-6H3. The van der Waals surface area contributed by atoms with E-state index in [1.165, 1.54) is 25.3 Å². The lowest BCUT2D eigenvalue weighted by molar-refractivity contribution is 0.0910. The Morgan fingerprint density at radius 1 is 1.25 bits per heavy atom. The number of hydrogen-bond acceptors (Lipinski definition) is 3. The molecule has 5 heteroatoms. The number of ketones is 1. The number of carbonyl (C=O) groups excluding carboxylic acids is 1. The molecular formula is C15H23FO3Si. The third kappa shape index (κ3) is 4.15. The molecule has 1 rings (SSSR count). The number of benzene rings is 1. The first-order valence-corrected chi connectivity index (χ1v) is 9.49. The first-order valence-electron chi connectivity index (χ1n) is 6.58. The Balaban J connectivity index is 2.80. The predicted octanol–water partition coefficient (Wildman–Crippen LogP) is 4.04. The lowest BCUT2D eigenvalue weighted by atomic mass is 10.1. The van der Waals surface area contributed by atoms with E-state index in [9.17, 15) is 9.18 Å². The van der Waals surface area contributed by atoms with Crippen LogP contribution in [0.4, 0.5) is 4.39 Å². The van der Waals surface area contributed by atoms with Gasteiger partial charge in [0.25, 0.3) is 0 Å². The molecule has 20 heavy (non-hydrogen) atoms. The normalized spacial score (nSPS) is 12.3. The maximum atomic E-state index is 13.4. The summed E-state index contributed by atoms with van der Waals surface area (Å²) in [5.41, 5.74) is 0.278. The summed E-state index contributed by atoms with van der Waals surface area (Å²) in [6.07, 6.45) is 0. The van der Waals surface area contributed by atoms with Crippen molar-refractivity contribution in [2.45, 2.75) is 38.9 Å². The molecule has 0 aliphatic rings. The Morgan fingerprint density at radius 3 is 2.35 bits per heavy atom. The van der Waals surface area contributed by atoms with Gasteiger partial charge in [-0.15, -0.1) is 0 Å². The molecule has 3 nitrogen and oxygen atoms in total. The highest BCUT2D eigenvalue weighted by Gasteiger charge is 2.37. The fraction of sp³-hybridized carbons (Fsp3) is 0.533. The Morgan fingerprint density at radius 2 is 1.85 bits per heavy atom. The lowest BCUT2D eigenvalue weighted by Gasteiger charge is -2.35. The van der Waals surface area contributed by atoms with Crippen LogP contribution in [0, 0.1) is 5.82 Å². The van der Waals surface area contributed by atoms with E-state index < -0.39 is 14.1 Å². The zero-order valence-corrected chi connectivity index (χ0v) is 14.0. The Kier molecular flexibility index (Phi) is 5.10. The van der Waals surface area contributed by atoms with Crippen LogP contribution in [0.3, 0.4) is 0 Å². The second-order valence-electron chi connectivity index (χ2n) is 6.35. The molecule has 0 radical (unpaired) electrons. The molecule has 0 unspecified atom stereocenters. The Bertz CT molecular complexity index is 492. The van der Waals surface area contributed by atoms with Gasteiger partial charge in [0.15, 0.2) is 14.1 Å². The van der Waals surface area contributed by atoms with E-state index in [-0.39, 0.29) is 23.0 Å². The minimum Gasteiger partial charge on any atom is -0.497 e. The number of ether oxygens (including phenoxy) is 1. The van der Waals surface area contributed by atoms with Gasteiger partial charge in [-0.1, -0.05) is 20.8 Å². The molecule has 0 bridgehead atoms. The van der Waals surface area contributed by atoms with Crippen molar-refractivity contribution in [2.75, 3.05) is 13.7 Å². The molecule has 0 saturated carbocycles. The van der Waals surface area contributed by atoms with Gasteiger partial charge >= 0.3 is 0 Å². The van der Waals surface area contributed by atoms with Gasteiger partial charge < -0.3 is 9.16 Å². The molecule has 0 N–H and O–H groups in total. The molecule has 0 heterocycles. The van der Waals surface area contributed by atoms with E-state index >= 15 is 0 Å². The average Bonchev–Trinajstić information content (AvgIpc) is 2.33. The van der Waals surface area contributed by atoms with Crippen molar-refractivity contribution >= 4 is 14.1 Å². The molecule has 0 spiro atoms. The number of halogens is 1. The molecule has 0 aromatic heterocycles. The van der Waals surface area contributed by atoms with Crippen molar-refractivity contribution in [3.05, 3.63) is 29.6 Å². The number of hydrogen-bond donors (Lipinski definition) is 0. The minimum absolute atomic E-state index is 0.0247.